The molecule has 0 N–H and O–H groups in total. The molecule has 0 aromatic heterocycles. The van der Waals surface area contributed by atoms with Gasteiger partial charge in [-0.05, 0) is 29.3 Å². The molecule has 0 amide bonds. The molecule has 0 aliphatic carbocycles. The van der Waals surface area contributed by atoms with Gasteiger partial charge in [0.1, 0.15) is 0 Å². The summed E-state index contributed by atoms with van der Waals surface area (Å²) in [5.41, 5.74) is 1.90. The van der Waals surface area contributed by atoms with Crippen LogP contribution in [0, 0.1) is 0 Å². The maximum atomic E-state index is 12.1. The number of hydrogen-bond donors (Lipinski definition) is 0. The van der Waals surface area contributed by atoms with Gasteiger partial charge in [-0.15, -0.1) is 0 Å². The Morgan fingerprint density at radius 1 is 0.944 bits per heavy atom. The van der Waals surface area contributed by atoms with Crippen molar-refractivity contribution >= 4 is 34.0 Å². The van der Waals surface area contributed by atoms with Crippen molar-refractivity contribution in [1.82, 2.24) is 0 Å². The Labute approximate surface area is 119 Å². The topological polar surface area (TPSA) is 17.1 Å². The highest BCUT2D eigenvalue weighted by Crippen LogP contribution is 2.19. The lowest BCUT2D eigenvalue weighted by Crippen LogP contribution is -2.00. The lowest BCUT2D eigenvalue weighted by Gasteiger charge is -2.05. The third-order valence-electron chi connectivity index (χ3n) is 2.49. The van der Waals surface area contributed by atoms with Gasteiger partial charge < -0.3 is 0 Å². The molecule has 2 aromatic carbocycles. The standard InChI is InChI=1S/C14H12Cl2OS/c15-13-6-3-4-11(8-13)9-18(17)10-12-5-1-2-7-14(12)16/h1-8H,9-10H2. The Morgan fingerprint density at radius 3 is 2.44 bits per heavy atom. The summed E-state index contributed by atoms with van der Waals surface area (Å²) in [6.07, 6.45) is 0. The molecule has 4 heteroatoms. The molecule has 0 aliphatic rings. The van der Waals surface area contributed by atoms with Crippen LogP contribution in [0.3, 0.4) is 0 Å². The highest BCUT2D eigenvalue weighted by molar-refractivity contribution is 7.83. The Balaban J connectivity index is 2.03. The summed E-state index contributed by atoms with van der Waals surface area (Å²) >= 11 is 11.9. The third kappa shape index (κ3) is 3.84. The van der Waals surface area contributed by atoms with E-state index < -0.39 is 10.8 Å². The minimum Gasteiger partial charge on any atom is -0.259 e. The molecule has 2 rings (SSSR count). The van der Waals surface area contributed by atoms with Crippen molar-refractivity contribution in [1.29, 1.82) is 0 Å². The maximum absolute atomic E-state index is 12.1. The molecule has 2 aromatic rings. The number of benzene rings is 2. The zero-order chi connectivity index (χ0) is 13.0. The van der Waals surface area contributed by atoms with E-state index in [1.54, 1.807) is 0 Å². The van der Waals surface area contributed by atoms with Gasteiger partial charge in [-0.25, -0.2) is 0 Å². The van der Waals surface area contributed by atoms with Crippen LogP contribution in [0.1, 0.15) is 11.1 Å². The van der Waals surface area contributed by atoms with E-state index in [-0.39, 0.29) is 0 Å². The van der Waals surface area contributed by atoms with Crippen molar-refractivity contribution in [2.24, 2.45) is 0 Å². The molecular weight excluding hydrogens is 287 g/mol. The fraction of sp³-hybridized carbons (Fsp3) is 0.143. The fourth-order valence-corrected chi connectivity index (χ4v) is 3.40. The second-order valence-electron chi connectivity index (χ2n) is 3.95. The van der Waals surface area contributed by atoms with Gasteiger partial charge in [0.25, 0.3) is 0 Å². The van der Waals surface area contributed by atoms with E-state index in [2.05, 4.69) is 0 Å². The van der Waals surface area contributed by atoms with Gasteiger partial charge in [-0.1, -0.05) is 53.5 Å². The predicted octanol–water partition coefficient (Wildman–Crippen LogP) is 4.44. The van der Waals surface area contributed by atoms with Crippen LogP contribution in [-0.4, -0.2) is 4.21 Å². The average Bonchev–Trinajstić information content (AvgIpc) is 2.32. The van der Waals surface area contributed by atoms with Crippen molar-refractivity contribution < 1.29 is 4.21 Å². The molecule has 94 valence electrons. The van der Waals surface area contributed by atoms with Crippen LogP contribution in [0.4, 0.5) is 0 Å². The second-order valence-corrected chi connectivity index (χ2v) is 6.25. The van der Waals surface area contributed by atoms with Gasteiger partial charge >= 0.3 is 0 Å². The zero-order valence-electron chi connectivity index (χ0n) is 9.61. The minimum absolute atomic E-state index is 0.464. The van der Waals surface area contributed by atoms with Gasteiger partial charge in [0, 0.05) is 26.6 Å². The molecule has 0 spiro atoms. The lowest BCUT2D eigenvalue weighted by molar-refractivity contribution is 0.682. The molecule has 1 unspecified atom stereocenters. The Hall–Kier alpha value is -0.830. The van der Waals surface area contributed by atoms with Crippen molar-refractivity contribution in [3.8, 4) is 0 Å². The largest absolute Gasteiger partial charge is 0.259 e. The van der Waals surface area contributed by atoms with Crippen molar-refractivity contribution in [3.63, 3.8) is 0 Å². The van der Waals surface area contributed by atoms with Gasteiger partial charge in [0.05, 0.1) is 5.75 Å². The molecule has 0 fully saturated rings. The van der Waals surface area contributed by atoms with Gasteiger partial charge in [-0.2, -0.15) is 0 Å². The predicted molar refractivity (Wildman–Crippen MR) is 78.5 cm³/mol. The first-order valence-corrected chi connectivity index (χ1v) is 7.72. The van der Waals surface area contributed by atoms with Crippen LogP contribution < -0.4 is 0 Å². The molecule has 0 bridgehead atoms. The molecule has 1 nitrogen and oxygen atoms in total. The van der Waals surface area contributed by atoms with Crippen LogP contribution in [0.25, 0.3) is 0 Å². The minimum atomic E-state index is -0.984. The van der Waals surface area contributed by atoms with Crippen LogP contribution in [0.2, 0.25) is 10.0 Å². The average molecular weight is 299 g/mol. The second kappa shape index (κ2) is 6.37. The molecule has 0 aliphatic heterocycles. The van der Waals surface area contributed by atoms with Crippen LogP contribution in [0.15, 0.2) is 48.5 Å². The van der Waals surface area contributed by atoms with Crippen LogP contribution in [-0.2, 0) is 22.3 Å². The summed E-state index contributed by atoms with van der Waals surface area (Å²) in [5, 5.41) is 1.33. The first-order chi connectivity index (χ1) is 8.65. The normalized spacial score (nSPS) is 12.3. The van der Waals surface area contributed by atoms with E-state index in [4.69, 9.17) is 23.2 Å². The first kappa shape index (κ1) is 13.6. The highest BCUT2D eigenvalue weighted by Gasteiger charge is 2.06. The van der Waals surface area contributed by atoms with E-state index >= 15 is 0 Å². The number of rotatable bonds is 4. The van der Waals surface area contributed by atoms with Crippen LogP contribution in [0.5, 0.6) is 0 Å². The smallest absolute Gasteiger partial charge is 0.0503 e. The van der Waals surface area contributed by atoms with Gasteiger partial charge in [0.2, 0.25) is 0 Å². The molecule has 0 heterocycles. The first-order valence-electron chi connectivity index (χ1n) is 5.48. The van der Waals surface area contributed by atoms with E-state index in [0.29, 0.717) is 21.6 Å². The molecule has 1 atom stereocenters. The van der Waals surface area contributed by atoms with Crippen molar-refractivity contribution in [3.05, 3.63) is 69.7 Å². The number of hydrogen-bond acceptors (Lipinski definition) is 1. The molecule has 18 heavy (non-hydrogen) atoms. The van der Waals surface area contributed by atoms with Crippen molar-refractivity contribution in [2.45, 2.75) is 11.5 Å². The summed E-state index contributed by atoms with van der Waals surface area (Å²) in [6.45, 7) is 0. The quantitative estimate of drug-likeness (QED) is 0.815. The molecule has 0 radical (unpaired) electrons. The third-order valence-corrected chi connectivity index (χ3v) is 4.38. The summed E-state index contributed by atoms with van der Waals surface area (Å²) in [6, 6.07) is 14.9. The van der Waals surface area contributed by atoms with Crippen molar-refractivity contribution in [2.75, 3.05) is 0 Å². The monoisotopic (exact) mass is 298 g/mol. The summed E-state index contributed by atoms with van der Waals surface area (Å²) in [4.78, 5) is 0. The summed E-state index contributed by atoms with van der Waals surface area (Å²) in [7, 11) is -0.984. The van der Waals surface area contributed by atoms with E-state index in [1.165, 1.54) is 0 Å². The lowest BCUT2D eigenvalue weighted by atomic mass is 10.2. The van der Waals surface area contributed by atoms with E-state index in [0.717, 1.165) is 11.1 Å². The zero-order valence-corrected chi connectivity index (χ0v) is 11.9. The summed E-state index contributed by atoms with van der Waals surface area (Å²) < 4.78 is 12.1. The number of halogens is 2. The summed E-state index contributed by atoms with van der Waals surface area (Å²) in [5.74, 6) is 0.956. The van der Waals surface area contributed by atoms with Crippen LogP contribution >= 0.6 is 23.2 Å². The highest BCUT2D eigenvalue weighted by atomic mass is 35.5. The Bertz CT molecular complexity index is 569. The maximum Gasteiger partial charge on any atom is 0.0503 e. The fourth-order valence-electron chi connectivity index (χ4n) is 1.65. The van der Waals surface area contributed by atoms with E-state index in [1.807, 2.05) is 48.5 Å². The van der Waals surface area contributed by atoms with Gasteiger partial charge in [0.15, 0.2) is 0 Å². The Kier molecular flexibility index (Phi) is 4.81. The molecular formula is C14H12Cl2OS. The SMILES string of the molecule is O=S(Cc1cccc(Cl)c1)Cc1ccccc1Cl. The Morgan fingerprint density at radius 2 is 1.72 bits per heavy atom. The van der Waals surface area contributed by atoms with E-state index in [9.17, 15) is 4.21 Å². The molecule has 0 saturated carbocycles. The van der Waals surface area contributed by atoms with Gasteiger partial charge in [-0.3, -0.25) is 4.21 Å². The molecule has 0 saturated heterocycles.